The molecule has 0 aliphatic rings. The fourth-order valence-corrected chi connectivity index (χ4v) is 2.25. The number of rotatable bonds is 7. The van der Waals surface area contributed by atoms with Gasteiger partial charge in [0, 0.05) is 5.75 Å². The summed E-state index contributed by atoms with van der Waals surface area (Å²) in [6.07, 6.45) is 2.61. The normalized spacial score (nSPS) is 10.4. The Morgan fingerprint density at radius 3 is 2.64 bits per heavy atom. The van der Waals surface area contributed by atoms with Crippen molar-refractivity contribution in [3.63, 3.8) is 0 Å². The third kappa shape index (κ3) is 5.30. The third-order valence-corrected chi connectivity index (χ3v) is 3.19. The van der Waals surface area contributed by atoms with E-state index < -0.39 is 0 Å². The van der Waals surface area contributed by atoms with Crippen LogP contribution in [-0.4, -0.2) is 19.3 Å². The summed E-state index contributed by atoms with van der Waals surface area (Å²) in [6, 6.07) is 10.7. The maximum absolute atomic E-state index is 3.17. The van der Waals surface area contributed by atoms with E-state index in [4.69, 9.17) is 0 Å². The van der Waals surface area contributed by atoms with Gasteiger partial charge in [0.15, 0.2) is 0 Å². The summed E-state index contributed by atoms with van der Waals surface area (Å²) in [7, 11) is 2.01. The maximum Gasteiger partial charge on any atom is 0.0184 e. The van der Waals surface area contributed by atoms with Crippen LogP contribution < -0.4 is 5.32 Å². The standard InChI is InChI=1S/C12H19NS/c1-13-9-5-6-10-14-11-12-7-3-2-4-8-12/h2-4,7-8,13H,5-6,9-11H2,1H3. The SMILES string of the molecule is CNCCCCSCc1ccccc1. The molecule has 0 bridgehead atoms. The van der Waals surface area contributed by atoms with Gasteiger partial charge in [-0.2, -0.15) is 11.8 Å². The van der Waals surface area contributed by atoms with Crippen LogP contribution in [0.3, 0.4) is 0 Å². The monoisotopic (exact) mass is 209 g/mol. The van der Waals surface area contributed by atoms with Gasteiger partial charge >= 0.3 is 0 Å². The Hall–Kier alpha value is -0.470. The highest BCUT2D eigenvalue weighted by Crippen LogP contribution is 2.12. The lowest BCUT2D eigenvalue weighted by Gasteiger charge is -2.01. The van der Waals surface area contributed by atoms with Crippen LogP contribution in [0.15, 0.2) is 30.3 Å². The number of hydrogen-bond donors (Lipinski definition) is 1. The van der Waals surface area contributed by atoms with Crippen molar-refractivity contribution < 1.29 is 0 Å². The second-order valence-electron chi connectivity index (χ2n) is 3.35. The minimum Gasteiger partial charge on any atom is -0.320 e. The lowest BCUT2D eigenvalue weighted by atomic mass is 10.2. The van der Waals surface area contributed by atoms with Crippen LogP contribution in [-0.2, 0) is 5.75 Å². The molecule has 0 saturated carbocycles. The van der Waals surface area contributed by atoms with E-state index in [0.29, 0.717) is 0 Å². The summed E-state index contributed by atoms with van der Waals surface area (Å²) in [5, 5.41) is 3.17. The zero-order valence-corrected chi connectivity index (χ0v) is 9.65. The van der Waals surface area contributed by atoms with Crippen LogP contribution in [0.25, 0.3) is 0 Å². The first-order chi connectivity index (χ1) is 6.93. The zero-order chi connectivity index (χ0) is 10.1. The van der Waals surface area contributed by atoms with Gasteiger partial charge in [-0.3, -0.25) is 0 Å². The molecule has 0 aromatic heterocycles. The van der Waals surface area contributed by atoms with E-state index in [1.54, 1.807) is 0 Å². The van der Waals surface area contributed by atoms with Crippen molar-refractivity contribution in [2.24, 2.45) is 0 Å². The van der Waals surface area contributed by atoms with Crippen molar-refractivity contribution in [1.29, 1.82) is 0 Å². The van der Waals surface area contributed by atoms with Crippen molar-refractivity contribution >= 4 is 11.8 Å². The summed E-state index contributed by atoms with van der Waals surface area (Å²) in [6.45, 7) is 1.14. The molecule has 0 unspecified atom stereocenters. The van der Waals surface area contributed by atoms with Gasteiger partial charge in [-0.25, -0.2) is 0 Å². The van der Waals surface area contributed by atoms with Crippen LogP contribution in [0.4, 0.5) is 0 Å². The Balaban J connectivity index is 1.99. The van der Waals surface area contributed by atoms with Crippen LogP contribution in [0.1, 0.15) is 18.4 Å². The topological polar surface area (TPSA) is 12.0 Å². The van der Waals surface area contributed by atoms with Crippen molar-refractivity contribution in [2.75, 3.05) is 19.3 Å². The highest BCUT2D eigenvalue weighted by atomic mass is 32.2. The Morgan fingerprint density at radius 2 is 1.93 bits per heavy atom. The van der Waals surface area contributed by atoms with E-state index in [2.05, 4.69) is 35.6 Å². The van der Waals surface area contributed by atoms with Gasteiger partial charge in [0.25, 0.3) is 0 Å². The Labute approximate surface area is 91.3 Å². The van der Waals surface area contributed by atoms with E-state index in [1.165, 1.54) is 24.2 Å². The first-order valence-electron chi connectivity index (χ1n) is 5.20. The molecular weight excluding hydrogens is 190 g/mol. The zero-order valence-electron chi connectivity index (χ0n) is 8.83. The van der Waals surface area contributed by atoms with Gasteiger partial charge in [-0.1, -0.05) is 30.3 Å². The van der Waals surface area contributed by atoms with Gasteiger partial charge in [0.05, 0.1) is 0 Å². The molecule has 78 valence electrons. The number of thioether (sulfide) groups is 1. The summed E-state index contributed by atoms with van der Waals surface area (Å²) >= 11 is 2.03. The molecule has 1 rings (SSSR count). The van der Waals surface area contributed by atoms with Crippen molar-refractivity contribution in [1.82, 2.24) is 5.32 Å². The second kappa shape index (κ2) is 7.89. The highest BCUT2D eigenvalue weighted by molar-refractivity contribution is 7.98. The van der Waals surface area contributed by atoms with Crippen LogP contribution >= 0.6 is 11.8 Å². The minimum absolute atomic E-state index is 1.14. The van der Waals surface area contributed by atoms with Crippen molar-refractivity contribution in [3.8, 4) is 0 Å². The molecule has 0 aliphatic heterocycles. The quantitative estimate of drug-likeness (QED) is 0.693. The average Bonchev–Trinajstić information content (AvgIpc) is 2.25. The van der Waals surface area contributed by atoms with Crippen molar-refractivity contribution in [3.05, 3.63) is 35.9 Å². The van der Waals surface area contributed by atoms with Gasteiger partial charge in [0.1, 0.15) is 0 Å². The Kier molecular flexibility index (Phi) is 6.54. The summed E-state index contributed by atoms with van der Waals surface area (Å²) in [4.78, 5) is 0. The smallest absolute Gasteiger partial charge is 0.0184 e. The minimum atomic E-state index is 1.14. The van der Waals surface area contributed by atoms with Gasteiger partial charge in [-0.05, 0) is 37.8 Å². The Morgan fingerprint density at radius 1 is 1.14 bits per heavy atom. The lowest BCUT2D eigenvalue weighted by molar-refractivity contribution is 0.715. The average molecular weight is 209 g/mol. The fourth-order valence-electron chi connectivity index (χ4n) is 1.27. The van der Waals surface area contributed by atoms with Crippen LogP contribution in [0, 0.1) is 0 Å². The van der Waals surface area contributed by atoms with Gasteiger partial charge in [0.2, 0.25) is 0 Å². The number of benzene rings is 1. The molecule has 0 heterocycles. The molecule has 0 radical (unpaired) electrons. The summed E-state index contributed by atoms with van der Waals surface area (Å²) in [5.74, 6) is 2.43. The van der Waals surface area contributed by atoms with Crippen LogP contribution in [0.2, 0.25) is 0 Å². The largest absolute Gasteiger partial charge is 0.320 e. The summed E-state index contributed by atoms with van der Waals surface area (Å²) < 4.78 is 0. The number of unbranched alkanes of at least 4 members (excludes halogenated alkanes) is 1. The molecular formula is C12H19NS. The van der Waals surface area contributed by atoms with Crippen LogP contribution in [0.5, 0.6) is 0 Å². The first-order valence-corrected chi connectivity index (χ1v) is 6.35. The lowest BCUT2D eigenvalue weighted by Crippen LogP contribution is -2.07. The molecule has 1 aromatic rings. The van der Waals surface area contributed by atoms with E-state index in [-0.39, 0.29) is 0 Å². The van der Waals surface area contributed by atoms with E-state index in [9.17, 15) is 0 Å². The predicted octanol–water partition coefficient (Wildman–Crippen LogP) is 2.92. The molecule has 0 spiro atoms. The second-order valence-corrected chi connectivity index (χ2v) is 4.45. The fraction of sp³-hybridized carbons (Fsp3) is 0.500. The molecule has 0 aliphatic carbocycles. The van der Waals surface area contributed by atoms with Crippen molar-refractivity contribution in [2.45, 2.75) is 18.6 Å². The molecule has 2 heteroatoms. The molecule has 1 nitrogen and oxygen atoms in total. The molecule has 1 N–H and O–H groups in total. The summed E-state index contributed by atoms with van der Waals surface area (Å²) in [5.41, 5.74) is 1.44. The maximum atomic E-state index is 3.17. The highest BCUT2D eigenvalue weighted by Gasteiger charge is 1.92. The predicted molar refractivity (Wildman–Crippen MR) is 65.8 cm³/mol. The molecule has 0 atom stereocenters. The van der Waals surface area contributed by atoms with E-state index >= 15 is 0 Å². The van der Waals surface area contributed by atoms with E-state index in [1.807, 2.05) is 18.8 Å². The van der Waals surface area contributed by atoms with Gasteiger partial charge in [-0.15, -0.1) is 0 Å². The Bertz CT molecular complexity index is 223. The molecule has 14 heavy (non-hydrogen) atoms. The molecule has 0 amide bonds. The molecule has 0 fully saturated rings. The molecule has 1 aromatic carbocycles. The third-order valence-electron chi connectivity index (χ3n) is 2.08. The number of hydrogen-bond acceptors (Lipinski definition) is 2. The first kappa shape index (κ1) is 11.6. The van der Waals surface area contributed by atoms with Gasteiger partial charge < -0.3 is 5.32 Å². The molecule has 0 saturated heterocycles. The number of nitrogens with one attached hydrogen (secondary N) is 1. The van der Waals surface area contributed by atoms with E-state index in [0.717, 1.165) is 12.3 Å².